The second-order valence-electron chi connectivity index (χ2n) is 1.62. The SMILES string of the molecule is CCC=C(O)[C@@H](O)C=O. The maximum Gasteiger partial charge on any atom is 0.165 e. The van der Waals surface area contributed by atoms with E-state index in [0.717, 1.165) is 0 Å². The maximum atomic E-state index is 9.77. The molecule has 0 unspecified atom stereocenters. The molecule has 0 fully saturated rings. The molecule has 0 amide bonds. The van der Waals surface area contributed by atoms with E-state index < -0.39 is 6.10 Å². The van der Waals surface area contributed by atoms with Gasteiger partial charge in [-0.3, -0.25) is 4.79 Å². The van der Waals surface area contributed by atoms with Gasteiger partial charge in [0, 0.05) is 0 Å². The fourth-order valence-electron chi connectivity index (χ4n) is 0.400. The first kappa shape index (κ1) is 8.17. The minimum Gasteiger partial charge on any atom is -0.509 e. The topological polar surface area (TPSA) is 57.5 Å². The highest BCUT2D eigenvalue weighted by Crippen LogP contribution is 1.95. The van der Waals surface area contributed by atoms with Crippen molar-refractivity contribution in [1.82, 2.24) is 0 Å². The van der Waals surface area contributed by atoms with E-state index in [9.17, 15) is 4.79 Å². The Bertz CT molecular complexity index is 117. The van der Waals surface area contributed by atoms with Crippen LogP contribution in [0.3, 0.4) is 0 Å². The summed E-state index contributed by atoms with van der Waals surface area (Å²) in [6.45, 7) is 1.80. The average Bonchev–Trinajstić information content (AvgIpc) is 1.87. The van der Waals surface area contributed by atoms with Crippen LogP contribution in [0, 0.1) is 0 Å². The average molecular weight is 130 g/mol. The Balaban J connectivity index is 3.84. The molecule has 0 heterocycles. The molecular formula is C6H10O3. The lowest BCUT2D eigenvalue weighted by atomic mass is 10.3. The molecule has 3 heteroatoms. The summed E-state index contributed by atoms with van der Waals surface area (Å²) in [6.07, 6.45) is 0.932. The predicted molar refractivity (Wildman–Crippen MR) is 33.1 cm³/mol. The lowest BCUT2D eigenvalue weighted by molar-refractivity contribution is -0.114. The molecule has 1 atom stereocenters. The van der Waals surface area contributed by atoms with Gasteiger partial charge in [0.15, 0.2) is 12.4 Å². The second-order valence-corrected chi connectivity index (χ2v) is 1.62. The van der Waals surface area contributed by atoms with Crippen LogP contribution >= 0.6 is 0 Å². The van der Waals surface area contributed by atoms with Crippen LogP contribution in [0.4, 0.5) is 0 Å². The van der Waals surface area contributed by atoms with Gasteiger partial charge in [0.1, 0.15) is 5.76 Å². The summed E-state index contributed by atoms with van der Waals surface area (Å²) in [5, 5.41) is 17.3. The van der Waals surface area contributed by atoms with Crippen molar-refractivity contribution >= 4 is 6.29 Å². The quantitative estimate of drug-likeness (QED) is 0.429. The first-order valence-corrected chi connectivity index (χ1v) is 2.74. The van der Waals surface area contributed by atoms with Gasteiger partial charge in [0.05, 0.1) is 0 Å². The number of aldehydes is 1. The Morgan fingerprint density at radius 1 is 1.78 bits per heavy atom. The first-order chi connectivity index (χ1) is 4.22. The highest BCUT2D eigenvalue weighted by atomic mass is 16.3. The van der Waals surface area contributed by atoms with Crippen LogP contribution in [-0.2, 0) is 4.79 Å². The largest absolute Gasteiger partial charge is 0.509 e. The zero-order chi connectivity index (χ0) is 7.28. The third-order valence-electron chi connectivity index (χ3n) is 0.845. The van der Waals surface area contributed by atoms with Crippen LogP contribution in [0.1, 0.15) is 13.3 Å². The lowest BCUT2D eigenvalue weighted by Gasteiger charge is -1.98. The van der Waals surface area contributed by atoms with E-state index in [1.54, 1.807) is 6.92 Å². The number of carbonyl (C=O) groups excluding carboxylic acids is 1. The van der Waals surface area contributed by atoms with E-state index in [2.05, 4.69) is 0 Å². The van der Waals surface area contributed by atoms with Gasteiger partial charge in [-0.05, 0) is 12.5 Å². The van der Waals surface area contributed by atoms with Gasteiger partial charge in [-0.25, -0.2) is 0 Å². The van der Waals surface area contributed by atoms with Crippen LogP contribution in [-0.4, -0.2) is 22.6 Å². The summed E-state index contributed by atoms with van der Waals surface area (Å²) in [4.78, 5) is 9.77. The predicted octanol–water partition coefficient (Wildman–Crippen LogP) is 0.398. The van der Waals surface area contributed by atoms with E-state index in [0.29, 0.717) is 6.42 Å². The van der Waals surface area contributed by atoms with E-state index in [1.165, 1.54) is 6.08 Å². The van der Waals surface area contributed by atoms with Gasteiger partial charge >= 0.3 is 0 Å². The van der Waals surface area contributed by atoms with E-state index in [4.69, 9.17) is 10.2 Å². The molecule has 2 N–H and O–H groups in total. The molecule has 0 bridgehead atoms. The summed E-state index contributed by atoms with van der Waals surface area (Å²) >= 11 is 0. The Labute approximate surface area is 53.6 Å². The van der Waals surface area contributed by atoms with Gasteiger partial charge in [-0.1, -0.05) is 6.92 Å². The van der Waals surface area contributed by atoms with Crippen molar-refractivity contribution in [3.63, 3.8) is 0 Å². The normalized spacial score (nSPS) is 15.1. The standard InChI is InChI=1S/C6H10O3/c1-2-3-5(8)6(9)4-7/h3-4,6,8-9H,2H2,1H3/t6-/m0/s1. The number of aliphatic hydroxyl groups excluding tert-OH is 2. The van der Waals surface area contributed by atoms with Gasteiger partial charge in [0.2, 0.25) is 0 Å². The molecule has 0 radical (unpaired) electrons. The maximum absolute atomic E-state index is 9.77. The van der Waals surface area contributed by atoms with Crippen molar-refractivity contribution in [3.8, 4) is 0 Å². The number of aliphatic hydroxyl groups is 2. The third-order valence-corrected chi connectivity index (χ3v) is 0.845. The fourth-order valence-corrected chi connectivity index (χ4v) is 0.400. The summed E-state index contributed by atoms with van der Waals surface area (Å²) in [5.41, 5.74) is 0. The Morgan fingerprint density at radius 2 is 2.33 bits per heavy atom. The number of allylic oxidation sites excluding steroid dienone is 1. The van der Waals surface area contributed by atoms with Crippen LogP contribution in [0.2, 0.25) is 0 Å². The molecule has 3 nitrogen and oxygen atoms in total. The van der Waals surface area contributed by atoms with Crippen molar-refractivity contribution in [1.29, 1.82) is 0 Å². The number of carbonyl (C=O) groups is 1. The summed E-state index contributed by atoms with van der Waals surface area (Å²) < 4.78 is 0. The Kier molecular flexibility index (Phi) is 3.71. The van der Waals surface area contributed by atoms with Crippen molar-refractivity contribution in [2.75, 3.05) is 0 Å². The minimum absolute atomic E-state index is 0.271. The second kappa shape index (κ2) is 4.09. The van der Waals surface area contributed by atoms with Crippen molar-refractivity contribution in [3.05, 3.63) is 11.8 Å². The van der Waals surface area contributed by atoms with E-state index in [1.807, 2.05) is 0 Å². The zero-order valence-electron chi connectivity index (χ0n) is 5.24. The summed E-state index contributed by atoms with van der Waals surface area (Å²) in [6, 6.07) is 0. The molecular weight excluding hydrogens is 120 g/mol. The van der Waals surface area contributed by atoms with Gasteiger partial charge < -0.3 is 10.2 Å². The highest BCUT2D eigenvalue weighted by Gasteiger charge is 2.04. The minimum atomic E-state index is -1.34. The van der Waals surface area contributed by atoms with Crippen LogP contribution in [0.25, 0.3) is 0 Å². The lowest BCUT2D eigenvalue weighted by Crippen LogP contribution is -2.10. The Morgan fingerprint density at radius 3 is 2.67 bits per heavy atom. The third kappa shape index (κ3) is 2.87. The number of rotatable bonds is 3. The van der Waals surface area contributed by atoms with Crippen molar-refractivity contribution in [2.45, 2.75) is 19.4 Å². The van der Waals surface area contributed by atoms with Crippen molar-refractivity contribution < 1.29 is 15.0 Å². The first-order valence-electron chi connectivity index (χ1n) is 2.74. The molecule has 0 aliphatic heterocycles. The molecule has 0 spiro atoms. The zero-order valence-corrected chi connectivity index (χ0v) is 5.24. The van der Waals surface area contributed by atoms with E-state index in [-0.39, 0.29) is 12.0 Å². The molecule has 0 aromatic heterocycles. The molecule has 0 aliphatic rings. The highest BCUT2D eigenvalue weighted by molar-refractivity contribution is 5.59. The van der Waals surface area contributed by atoms with E-state index >= 15 is 0 Å². The Hall–Kier alpha value is -0.830. The smallest absolute Gasteiger partial charge is 0.165 e. The molecule has 0 rings (SSSR count). The molecule has 0 aromatic rings. The van der Waals surface area contributed by atoms with Crippen molar-refractivity contribution in [2.24, 2.45) is 0 Å². The molecule has 52 valence electrons. The number of hydrogen-bond acceptors (Lipinski definition) is 3. The monoisotopic (exact) mass is 130 g/mol. The molecule has 0 saturated heterocycles. The molecule has 9 heavy (non-hydrogen) atoms. The molecule has 0 aliphatic carbocycles. The van der Waals surface area contributed by atoms with Crippen LogP contribution in [0.5, 0.6) is 0 Å². The van der Waals surface area contributed by atoms with Gasteiger partial charge in [-0.15, -0.1) is 0 Å². The molecule has 0 saturated carbocycles. The fraction of sp³-hybridized carbons (Fsp3) is 0.500. The van der Waals surface area contributed by atoms with Crippen LogP contribution < -0.4 is 0 Å². The summed E-state index contributed by atoms with van der Waals surface area (Å²) in [7, 11) is 0. The van der Waals surface area contributed by atoms with Gasteiger partial charge in [-0.2, -0.15) is 0 Å². The molecule has 0 aromatic carbocycles. The summed E-state index contributed by atoms with van der Waals surface area (Å²) in [5.74, 6) is -0.271. The number of hydrogen-bond donors (Lipinski definition) is 2. The van der Waals surface area contributed by atoms with Crippen LogP contribution in [0.15, 0.2) is 11.8 Å². The van der Waals surface area contributed by atoms with Gasteiger partial charge in [0.25, 0.3) is 0 Å².